The molecule has 2 aliphatic rings. The van der Waals surface area contributed by atoms with Crippen LogP contribution in [0, 0.1) is 23.6 Å². The van der Waals surface area contributed by atoms with E-state index in [1.54, 1.807) is 0 Å². The molecule has 2 saturated carbocycles. The number of rotatable bonds is 2. The number of benzene rings is 1. The van der Waals surface area contributed by atoms with Gasteiger partial charge in [0.15, 0.2) is 0 Å². The number of nitrogens with two attached hydrogens (primary N) is 1. The van der Waals surface area contributed by atoms with Gasteiger partial charge in [-0.05, 0) is 55.7 Å². The van der Waals surface area contributed by atoms with Crippen molar-refractivity contribution < 1.29 is 9.18 Å². The molecule has 2 aliphatic carbocycles. The molecule has 5 heteroatoms. The summed E-state index contributed by atoms with van der Waals surface area (Å²) in [4.78, 5) is 12.4. The second-order valence-electron chi connectivity index (χ2n) is 6.31. The topological polar surface area (TPSA) is 55.1 Å². The van der Waals surface area contributed by atoms with Crippen LogP contribution in [0.2, 0.25) is 5.02 Å². The summed E-state index contributed by atoms with van der Waals surface area (Å²) in [7, 11) is 0. The Hall–Kier alpha value is -1.13. The van der Waals surface area contributed by atoms with Gasteiger partial charge in [0.1, 0.15) is 5.82 Å². The molecule has 21 heavy (non-hydrogen) atoms. The van der Waals surface area contributed by atoms with E-state index in [1.165, 1.54) is 24.6 Å². The van der Waals surface area contributed by atoms with E-state index in [9.17, 15) is 9.18 Å². The van der Waals surface area contributed by atoms with Crippen LogP contribution >= 0.6 is 11.6 Å². The Labute approximate surface area is 129 Å². The van der Waals surface area contributed by atoms with Crippen molar-refractivity contribution in [3.8, 4) is 0 Å². The molecule has 0 radical (unpaired) electrons. The number of hydrogen-bond acceptors (Lipinski definition) is 2. The van der Waals surface area contributed by atoms with Gasteiger partial charge in [-0.1, -0.05) is 18.0 Å². The number of nitrogens with one attached hydrogen (secondary N) is 1. The third-order valence-corrected chi connectivity index (χ3v) is 5.26. The number of carbonyl (C=O) groups is 1. The molecule has 2 fully saturated rings. The smallest absolute Gasteiger partial charge is 0.227 e. The Morgan fingerprint density at radius 1 is 1.29 bits per heavy atom. The lowest BCUT2D eigenvalue weighted by Gasteiger charge is -2.43. The summed E-state index contributed by atoms with van der Waals surface area (Å²) in [6.45, 7) is 0. The zero-order valence-corrected chi connectivity index (χ0v) is 12.6. The Morgan fingerprint density at radius 2 is 1.95 bits per heavy atom. The molecular formula is C16H20ClFN2O. The van der Waals surface area contributed by atoms with Gasteiger partial charge in [0.2, 0.25) is 5.91 Å². The van der Waals surface area contributed by atoms with Crippen LogP contribution in [-0.4, -0.2) is 11.9 Å². The maximum absolute atomic E-state index is 13.1. The molecule has 2 bridgehead atoms. The van der Waals surface area contributed by atoms with Gasteiger partial charge in [0.25, 0.3) is 0 Å². The van der Waals surface area contributed by atoms with Gasteiger partial charge in [-0.3, -0.25) is 4.79 Å². The van der Waals surface area contributed by atoms with E-state index in [2.05, 4.69) is 5.32 Å². The summed E-state index contributed by atoms with van der Waals surface area (Å²) in [6, 6.07) is 4.50. The van der Waals surface area contributed by atoms with E-state index >= 15 is 0 Å². The van der Waals surface area contributed by atoms with Crippen LogP contribution in [0.4, 0.5) is 10.1 Å². The molecule has 3 rings (SSSR count). The fraction of sp³-hybridized carbons (Fsp3) is 0.562. The minimum absolute atomic E-state index is 0.00137. The minimum atomic E-state index is -0.479. The van der Waals surface area contributed by atoms with Gasteiger partial charge in [-0.25, -0.2) is 4.39 Å². The van der Waals surface area contributed by atoms with Gasteiger partial charge in [-0.15, -0.1) is 0 Å². The molecule has 2 unspecified atom stereocenters. The molecule has 3 N–H and O–H groups in total. The van der Waals surface area contributed by atoms with Gasteiger partial charge in [-0.2, -0.15) is 0 Å². The summed E-state index contributed by atoms with van der Waals surface area (Å²) in [5, 5.41) is 2.88. The molecule has 0 aromatic heterocycles. The molecule has 3 nitrogen and oxygen atoms in total. The SMILES string of the molecule is NC1C2CCCC1CC(C(=O)Nc1ccc(F)c(Cl)c1)C2. The number of anilines is 1. The van der Waals surface area contributed by atoms with Crippen molar-refractivity contribution in [1.29, 1.82) is 0 Å². The standard InChI is InChI=1S/C16H20ClFN2O/c17-13-8-12(4-5-14(13)18)20-16(21)11-6-9-2-1-3-10(7-11)15(9)19/h4-5,8-11,15H,1-3,6-7,19H2,(H,20,21). The average molecular weight is 311 g/mol. The number of carbonyl (C=O) groups excluding carboxylic acids is 1. The fourth-order valence-corrected chi connectivity index (χ4v) is 4.00. The van der Waals surface area contributed by atoms with Crippen molar-refractivity contribution >= 4 is 23.2 Å². The number of amides is 1. The summed E-state index contributed by atoms with van der Waals surface area (Å²) >= 11 is 5.74. The van der Waals surface area contributed by atoms with Crippen LogP contribution in [0.5, 0.6) is 0 Å². The monoisotopic (exact) mass is 310 g/mol. The maximum atomic E-state index is 13.1. The Morgan fingerprint density at radius 3 is 2.57 bits per heavy atom. The predicted octanol–water partition coefficient (Wildman–Crippen LogP) is 3.57. The van der Waals surface area contributed by atoms with E-state index in [-0.39, 0.29) is 22.9 Å². The highest BCUT2D eigenvalue weighted by Gasteiger charge is 2.40. The lowest BCUT2D eigenvalue weighted by atomic mass is 9.65. The number of fused-ring (bicyclic) bond motifs is 2. The van der Waals surface area contributed by atoms with Crippen molar-refractivity contribution in [3.05, 3.63) is 29.0 Å². The van der Waals surface area contributed by atoms with Crippen LogP contribution in [0.15, 0.2) is 18.2 Å². The van der Waals surface area contributed by atoms with Crippen molar-refractivity contribution in [2.45, 2.75) is 38.1 Å². The maximum Gasteiger partial charge on any atom is 0.227 e. The normalized spacial score (nSPS) is 31.8. The Balaban J connectivity index is 1.67. The number of hydrogen-bond donors (Lipinski definition) is 2. The molecule has 0 spiro atoms. The van der Waals surface area contributed by atoms with Crippen molar-refractivity contribution in [2.24, 2.45) is 23.5 Å². The summed E-state index contributed by atoms with van der Waals surface area (Å²) in [6.07, 6.45) is 5.20. The molecule has 0 saturated heterocycles. The highest BCUT2D eigenvalue weighted by Crippen LogP contribution is 2.42. The number of halogens is 2. The minimum Gasteiger partial charge on any atom is -0.327 e. The lowest BCUT2D eigenvalue weighted by molar-refractivity contribution is -0.122. The largest absolute Gasteiger partial charge is 0.327 e. The molecule has 114 valence electrons. The van der Waals surface area contributed by atoms with Crippen molar-refractivity contribution in [3.63, 3.8) is 0 Å². The highest BCUT2D eigenvalue weighted by atomic mass is 35.5. The Kier molecular flexibility index (Phi) is 4.18. The first-order valence-corrected chi connectivity index (χ1v) is 7.94. The molecule has 1 amide bonds. The first-order chi connectivity index (χ1) is 10.0. The zero-order valence-electron chi connectivity index (χ0n) is 11.8. The summed E-state index contributed by atoms with van der Waals surface area (Å²) in [5.41, 5.74) is 6.79. The molecule has 0 heterocycles. The van der Waals surface area contributed by atoms with Crippen LogP contribution in [-0.2, 0) is 4.79 Å². The van der Waals surface area contributed by atoms with E-state index in [0.717, 1.165) is 25.7 Å². The molecule has 0 aliphatic heterocycles. The third-order valence-electron chi connectivity index (χ3n) is 4.97. The molecule has 1 aromatic rings. The lowest BCUT2D eigenvalue weighted by Crippen LogP contribution is -2.48. The molecular weight excluding hydrogens is 291 g/mol. The van der Waals surface area contributed by atoms with Crippen LogP contribution in [0.1, 0.15) is 32.1 Å². The van der Waals surface area contributed by atoms with E-state index in [1.807, 2.05) is 0 Å². The van der Waals surface area contributed by atoms with Gasteiger partial charge in [0, 0.05) is 17.6 Å². The van der Waals surface area contributed by atoms with Crippen LogP contribution < -0.4 is 11.1 Å². The van der Waals surface area contributed by atoms with Crippen LogP contribution in [0.3, 0.4) is 0 Å². The molecule has 1 aromatic carbocycles. The second-order valence-corrected chi connectivity index (χ2v) is 6.72. The van der Waals surface area contributed by atoms with Crippen LogP contribution in [0.25, 0.3) is 0 Å². The summed E-state index contributed by atoms with van der Waals surface area (Å²) < 4.78 is 13.1. The highest BCUT2D eigenvalue weighted by molar-refractivity contribution is 6.31. The summed E-state index contributed by atoms with van der Waals surface area (Å²) in [5.74, 6) is 0.452. The van der Waals surface area contributed by atoms with Gasteiger partial charge in [0.05, 0.1) is 5.02 Å². The quantitative estimate of drug-likeness (QED) is 0.877. The first-order valence-electron chi connectivity index (χ1n) is 7.56. The predicted molar refractivity (Wildman–Crippen MR) is 81.6 cm³/mol. The van der Waals surface area contributed by atoms with Crippen molar-refractivity contribution in [2.75, 3.05) is 5.32 Å². The van der Waals surface area contributed by atoms with E-state index in [4.69, 9.17) is 17.3 Å². The van der Waals surface area contributed by atoms with E-state index in [0.29, 0.717) is 17.5 Å². The van der Waals surface area contributed by atoms with Crippen molar-refractivity contribution in [1.82, 2.24) is 0 Å². The average Bonchev–Trinajstić information content (AvgIpc) is 2.42. The Bertz CT molecular complexity index is 537. The third kappa shape index (κ3) is 3.06. The fourth-order valence-electron chi connectivity index (χ4n) is 3.82. The zero-order chi connectivity index (χ0) is 15.0. The van der Waals surface area contributed by atoms with Gasteiger partial charge >= 0.3 is 0 Å². The second kappa shape index (κ2) is 5.93. The first kappa shape index (κ1) is 14.8. The van der Waals surface area contributed by atoms with Gasteiger partial charge < -0.3 is 11.1 Å². The molecule has 2 atom stereocenters. The van der Waals surface area contributed by atoms with E-state index < -0.39 is 5.82 Å².